The van der Waals surface area contributed by atoms with Crippen LogP contribution in [0.15, 0.2) is 17.7 Å². The maximum absolute atomic E-state index is 14.2. The van der Waals surface area contributed by atoms with E-state index in [2.05, 4.69) is 33.8 Å². The number of phenolic OH excluding ortho intramolecular Hbond substituents is 2. The molecule has 1 aromatic carbocycles. The van der Waals surface area contributed by atoms with Crippen LogP contribution in [0.25, 0.3) is 0 Å². The van der Waals surface area contributed by atoms with Gasteiger partial charge in [-0.05, 0) is 110 Å². The van der Waals surface area contributed by atoms with E-state index in [9.17, 15) is 19.4 Å². The van der Waals surface area contributed by atoms with Crippen molar-refractivity contribution in [3.05, 3.63) is 34.4 Å². The lowest BCUT2D eigenvalue weighted by Crippen LogP contribution is -2.62. The van der Waals surface area contributed by atoms with Crippen molar-refractivity contribution in [2.75, 3.05) is 0 Å². The van der Waals surface area contributed by atoms with Gasteiger partial charge in [0.15, 0.2) is 11.5 Å². The molecule has 0 heterocycles. The molecule has 3 nitrogen and oxygen atoms in total. The monoisotopic (exact) mass is 454 g/mol. The first-order valence-corrected chi connectivity index (χ1v) is 12.7. The van der Waals surface area contributed by atoms with Crippen LogP contribution in [-0.2, 0) is 16.6 Å². The van der Waals surface area contributed by atoms with Crippen molar-refractivity contribution < 1.29 is 19.4 Å². The van der Waals surface area contributed by atoms with E-state index in [1.807, 2.05) is 13.8 Å². The third kappa shape index (κ3) is 2.70. The van der Waals surface area contributed by atoms with Gasteiger partial charge < -0.3 is 10.2 Å². The average Bonchev–Trinajstić information content (AvgIpc) is 2.75. The molecule has 6 atom stereocenters. The van der Waals surface area contributed by atoms with E-state index < -0.39 is 11.5 Å². The van der Waals surface area contributed by atoms with Crippen LogP contribution in [0, 0.1) is 34.5 Å². The zero-order chi connectivity index (χ0) is 24.2. The number of phenols is 2. The highest BCUT2D eigenvalue weighted by Crippen LogP contribution is 2.74. The van der Waals surface area contributed by atoms with Crippen LogP contribution in [0.1, 0.15) is 96.3 Å². The molecule has 1 aromatic rings. The minimum atomic E-state index is -1.14. The van der Waals surface area contributed by atoms with Crippen LogP contribution < -0.4 is 0 Å². The molecule has 0 unspecified atom stereocenters. The first-order valence-electron chi connectivity index (χ1n) is 12.7. The molecule has 5 rings (SSSR count). The zero-order valence-electron chi connectivity index (χ0n) is 21.1. The summed E-state index contributed by atoms with van der Waals surface area (Å²) in [5.41, 5.74) is 3.52. The SMILES string of the molecule is Cc1c(O)c(O)cc2c1CC=C1[C@@]2(C)CC[C@@]2(C)[C@@H]3C[C@](C)(C(=O)F)CC[C@]3(C)CC[C@]12C. The number of benzene rings is 1. The summed E-state index contributed by atoms with van der Waals surface area (Å²) in [6.07, 6.45) is 9.51. The second kappa shape index (κ2) is 6.64. The minimum absolute atomic E-state index is 0.00752. The molecule has 0 amide bonds. The normalized spacial score (nSPS) is 44.1. The highest BCUT2D eigenvalue weighted by Gasteiger charge is 2.67. The molecule has 4 aliphatic carbocycles. The average molecular weight is 455 g/mol. The van der Waals surface area contributed by atoms with Crippen molar-refractivity contribution in [1.29, 1.82) is 0 Å². The van der Waals surface area contributed by atoms with E-state index in [1.165, 1.54) is 5.57 Å². The molecular formula is C29H39FO3. The molecule has 0 aromatic heterocycles. The third-order valence-corrected chi connectivity index (χ3v) is 11.5. The third-order valence-electron chi connectivity index (χ3n) is 11.5. The van der Waals surface area contributed by atoms with Crippen LogP contribution in [0.5, 0.6) is 11.5 Å². The topological polar surface area (TPSA) is 57.5 Å². The van der Waals surface area contributed by atoms with Crippen molar-refractivity contribution in [2.45, 2.75) is 98.3 Å². The largest absolute Gasteiger partial charge is 0.504 e. The maximum Gasteiger partial charge on any atom is 0.307 e. The number of halogens is 1. The number of fused-ring (bicyclic) bond motifs is 7. The fraction of sp³-hybridized carbons (Fsp3) is 0.690. The van der Waals surface area contributed by atoms with Crippen molar-refractivity contribution >= 4 is 6.04 Å². The van der Waals surface area contributed by atoms with Crippen LogP contribution >= 0.6 is 0 Å². The van der Waals surface area contributed by atoms with Crippen LogP contribution in [0.3, 0.4) is 0 Å². The Morgan fingerprint density at radius 1 is 1.00 bits per heavy atom. The molecule has 33 heavy (non-hydrogen) atoms. The smallest absolute Gasteiger partial charge is 0.307 e. The summed E-state index contributed by atoms with van der Waals surface area (Å²) in [6, 6.07) is 0.654. The number of rotatable bonds is 1. The van der Waals surface area contributed by atoms with Gasteiger partial charge in [0.25, 0.3) is 0 Å². The van der Waals surface area contributed by atoms with E-state index >= 15 is 0 Å². The summed E-state index contributed by atoms with van der Waals surface area (Å²) in [4.78, 5) is 12.0. The Kier molecular flexibility index (Phi) is 4.61. The number of carbonyl (C=O) groups excluding carboxylic acids is 1. The summed E-state index contributed by atoms with van der Waals surface area (Å²) in [5, 5.41) is 20.8. The minimum Gasteiger partial charge on any atom is -0.504 e. The van der Waals surface area contributed by atoms with Crippen molar-refractivity contribution in [3.8, 4) is 11.5 Å². The molecule has 4 aliphatic rings. The van der Waals surface area contributed by atoms with E-state index in [4.69, 9.17) is 0 Å². The molecule has 3 saturated carbocycles. The van der Waals surface area contributed by atoms with Gasteiger partial charge in [0.2, 0.25) is 0 Å². The Morgan fingerprint density at radius 2 is 1.67 bits per heavy atom. The van der Waals surface area contributed by atoms with Gasteiger partial charge >= 0.3 is 6.04 Å². The molecule has 3 fully saturated rings. The summed E-state index contributed by atoms with van der Waals surface area (Å²) in [5.74, 6) is 0.254. The molecule has 2 N–H and O–H groups in total. The summed E-state index contributed by atoms with van der Waals surface area (Å²) < 4.78 is 14.2. The van der Waals surface area contributed by atoms with Crippen LogP contribution in [0.2, 0.25) is 0 Å². The predicted molar refractivity (Wildman–Crippen MR) is 128 cm³/mol. The molecule has 0 bridgehead atoms. The maximum atomic E-state index is 14.2. The predicted octanol–water partition coefficient (Wildman–Crippen LogP) is 7.06. The van der Waals surface area contributed by atoms with E-state index in [0.717, 1.165) is 55.2 Å². The molecule has 0 spiro atoms. The van der Waals surface area contributed by atoms with Crippen LogP contribution in [0.4, 0.5) is 4.39 Å². The first kappa shape index (κ1) is 22.9. The van der Waals surface area contributed by atoms with E-state index in [-0.39, 0.29) is 33.2 Å². The number of aromatic hydroxyl groups is 2. The van der Waals surface area contributed by atoms with Gasteiger partial charge in [-0.3, -0.25) is 4.79 Å². The Labute approximate surface area is 197 Å². The standard InChI is InChI=1S/C29H39FO3/c1-17-18-7-8-21-27(4,19(18)15-20(31)23(17)32)12-14-29(6)22-16-26(3,24(30)33)10-9-25(22,2)11-13-28(21,29)5/h8,15,22,31-32H,7,9-14,16H2,1-6H3/t22-,25-,26-,27+,28-,29+/m1/s1. The molecule has 4 heteroatoms. The quantitative estimate of drug-likeness (QED) is 0.271. The van der Waals surface area contributed by atoms with Crippen molar-refractivity contribution in [2.24, 2.45) is 27.6 Å². The Bertz CT molecular complexity index is 1090. The second-order valence-corrected chi connectivity index (χ2v) is 13.0. The van der Waals surface area contributed by atoms with E-state index in [0.29, 0.717) is 18.8 Å². The highest BCUT2D eigenvalue weighted by molar-refractivity contribution is 5.75. The zero-order valence-corrected chi connectivity index (χ0v) is 21.1. The van der Waals surface area contributed by atoms with Gasteiger partial charge in [0, 0.05) is 5.41 Å². The van der Waals surface area contributed by atoms with Crippen LogP contribution in [-0.4, -0.2) is 16.3 Å². The summed E-state index contributed by atoms with van der Waals surface area (Å²) in [6.45, 7) is 13.3. The van der Waals surface area contributed by atoms with Crippen molar-refractivity contribution in [1.82, 2.24) is 0 Å². The fourth-order valence-corrected chi connectivity index (χ4v) is 8.88. The highest BCUT2D eigenvalue weighted by atomic mass is 19.1. The number of allylic oxidation sites excluding steroid dienone is 2. The summed E-state index contributed by atoms with van der Waals surface area (Å²) >= 11 is 0. The Hall–Kier alpha value is -1.84. The Balaban J connectivity index is 1.63. The molecule has 0 radical (unpaired) electrons. The molecule has 0 aliphatic heterocycles. The number of hydrogen-bond donors (Lipinski definition) is 2. The molecule has 180 valence electrons. The molecular weight excluding hydrogens is 415 g/mol. The van der Waals surface area contributed by atoms with Gasteiger partial charge in [0.05, 0.1) is 5.41 Å². The van der Waals surface area contributed by atoms with Gasteiger partial charge in [-0.15, -0.1) is 0 Å². The lowest BCUT2D eigenvalue weighted by molar-refractivity contribution is -0.172. The lowest BCUT2D eigenvalue weighted by atomic mass is 9.34. The lowest BCUT2D eigenvalue weighted by Gasteiger charge is -2.69. The molecule has 0 saturated heterocycles. The van der Waals surface area contributed by atoms with Gasteiger partial charge in [-0.1, -0.05) is 39.3 Å². The second-order valence-electron chi connectivity index (χ2n) is 13.0. The van der Waals surface area contributed by atoms with Gasteiger partial charge in [-0.2, -0.15) is 4.39 Å². The van der Waals surface area contributed by atoms with Crippen molar-refractivity contribution in [3.63, 3.8) is 0 Å². The Morgan fingerprint density at radius 3 is 2.33 bits per heavy atom. The first-order chi connectivity index (χ1) is 15.2. The number of carbonyl (C=O) groups is 1. The van der Waals surface area contributed by atoms with Gasteiger partial charge in [0.1, 0.15) is 0 Å². The van der Waals surface area contributed by atoms with E-state index in [1.54, 1.807) is 6.07 Å². The summed E-state index contributed by atoms with van der Waals surface area (Å²) in [7, 11) is 0. The van der Waals surface area contributed by atoms with Gasteiger partial charge in [-0.25, -0.2) is 0 Å². The fourth-order valence-electron chi connectivity index (χ4n) is 8.88. The number of hydrogen-bond acceptors (Lipinski definition) is 3.